The smallest absolute Gasteiger partial charge is 0.264 e. The quantitative estimate of drug-likeness (QED) is 0.711. The van der Waals surface area contributed by atoms with Crippen molar-refractivity contribution in [2.24, 2.45) is 0 Å². The van der Waals surface area contributed by atoms with E-state index < -0.39 is 0 Å². The van der Waals surface area contributed by atoms with Gasteiger partial charge in [0.25, 0.3) is 5.56 Å². The van der Waals surface area contributed by atoms with E-state index in [-0.39, 0.29) is 5.56 Å². The molecule has 0 aliphatic carbocycles. The van der Waals surface area contributed by atoms with E-state index in [1.165, 1.54) is 0 Å². The van der Waals surface area contributed by atoms with Crippen LogP contribution in [0.15, 0.2) is 21.4 Å². The van der Waals surface area contributed by atoms with Gasteiger partial charge in [0.05, 0.1) is 9.26 Å². The summed E-state index contributed by atoms with van der Waals surface area (Å²) in [6.07, 6.45) is 1.80. The van der Waals surface area contributed by atoms with Gasteiger partial charge in [0, 0.05) is 10.0 Å². The maximum Gasteiger partial charge on any atom is 0.264 e. The summed E-state index contributed by atoms with van der Waals surface area (Å²) in [5.74, 6) is 0.651. The molecule has 0 spiro atoms. The Morgan fingerprint density at radius 2 is 1.90 bits per heavy atom. The van der Waals surface area contributed by atoms with Crippen LogP contribution in [0.2, 0.25) is 0 Å². The SMILES string of the molecule is CCCc1nc(-c2cc(C)c(Br)c(C)c2)[nH]c(=O)c1I. The second kappa shape index (κ2) is 6.39. The summed E-state index contributed by atoms with van der Waals surface area (Å²) >= 11 is 5.63. The first-order valence-electron chi connectivity index (χ1n) is 6.49. The molecule has 0 radical (unpaired) electrons. The van der Waals surface area contributed by atoms with Gasteiger partial charge in [0.15, 0.2) is 0 Å². The molecule has 0 fully saturated rings. The van der Waals surface area contributed by atoms with E-state index in [1.54, 1.807) is 0 Å². The fourth-order valence-corrected chi connectivity index (χ4v) is 2.88. The predicted molar refractivity (Wildman–Crippen MR) is 94.2 cm³/mol. The minimum atomic E-state index is -0.0581. The second-order valence-corrected chi connectivity index (χ2v) is 6.72. The highest BCUT2D eigenvalue weighted by atomic mass is 127. The van der Waals surface area contributed by atoms with Gasteiger partial charge in [-0.15, -0.1) is 0 Å². The number of nitrogens with one attached hydrogen (secondary N) is 1. The number of aryl methyl sites for hydroxylation is 3. The van der Waals surface area contributed by atoms with Gasteiger partial charge in [-0.25, -0.2) is 4.98 Å². The molecule has 0 atom stereocenters. The molecule has 1 heterocycles. The Labute approximate surface area is 140 Å². The van der Waals surface area contributed by atoms with Crippen LogP contribution in [-0.4, -0.2) is 9.97 Å². The van der Waals surface area contributed by atoms with E-state index in [9.17, 15) is 4.79 Å². The zero-order chi connectivity index (χ0) is 14.9. The average molecular weight is 447 g/mol. The van der Waals surface area contributed by atoms with Crippen molar-refractivity contribution < 1.29 is 0 Å². The first-order chi connectivity index (χ1) is 9.43. The molecular formula is C15H16BrIN2O. The number of aromatic nitrogens is 2. The largest absolute Gasteiger partial charge is 0.306 e. The molecule has 0 amide bonds. The summed E-state index contributed by atoms with van der Waals surface area (Å²) in [4.78, 5) is 19.5. The number of hydrogen-bond acceptors (Lipinski definition) is 2. The van der Waals surface area contributed by atoms with Crippen LogP contribution in [0.1, 0.15) is 30.2 Å². The molecule has 0 aliphatic rings. The standard InChI is InChI=1S/C15H16BrIN2O/c1-4-5-11-13(17)15(20)19-14(18-11)10-6-8(2)12(16)9(3)7-10/h6-7H,4-5H2,1-3H3,(H,18,19,20). The van der Waals surface area contributed by atoms with E-state index in [0.29, 0.717) is 9.39 Å². The molecule has 0 saturated carbocycles. The van der Waals surface area contributed by atoms with Crippen molar-refractivity contribution >= 4 is 38.5 Å². The molecule has 3 nitrogen and oxygen atoms in total. The van der Waals surface area contributed by atoms with E-state index in [2.05, 4.69) is 55.4 Å². The molecule has 5 heteroatoms. The van der Waals surface area contributed by atoms with Crippen LogP contribution in [0.25, 0.3) is 11.4 Å². The van der Waals surface area contributed by atoms with Crippen LogP contribution in [0.5, 0.6) is 0 Å². The van der Waals surface area contributed by atoms with Gasteiger partial charge in [-0.1, -0.05) is 29.3 Å². The highest BCUT2D eigenvalue weighted by Gasteiger charge is 2.11. The third-order valence-corrected chi connectivity index (χ3v) is 5.49. The molecule has 0 bridgehead atoms. The molecule has 1 N–H and O–H groups in total. The van der Waals surface area contributed by atoms with Gasteiger partial charge in [0.1, 0.15) is 5.82 Å². The summed E-state index contributed by atoms with van der Waals surface area (Å²) in [6.45, 7) is 6.17. The molecule has 1 aromatic heterocycles. The maximum absolute atomic E-state index is 12.0. The lowest BCUT2D eigenvalue weighted by Gasteiger charge is -2.09. The van der Waals surface area contributed by atoms with E-state index in [1.807, 2.05) is 26.0 Å². The van der Waals surface area contributed by atoms with Gasteiger partial charge in [-0.05, 0) is 66.1 Å². The summed E-state index contributed by atoms with van der Waals surface area (Å²) in [5, 5.41) is 0. The Bertz CT molecular complexity index is 687. The zero-order valence-electron chi connectivity index (χ0n) is 11.7. The molecule has 0 saturated heterocycles. The first kappa shape index (κ1) is 15.7. The third-order valence-electron chi connectivity index (χ3n) is 3.13. The average Bonchev–Trinajstić information content (AvgIpc) is 2.40. The topological polar surface area (TPSA) is 45.8 Å². The molecule has 1 aromatic carbocycles. The molecule has 106 valence electrons. The van der Waals surface area contributed by atoms with Crippen molar-refractivity contribution in [2.45, 2.75) is 33.6 Å². The Balaban J connectivity index is 2.61. The minimum absolute atomic E-state index is 0.0581. The summed E-state index contributed by atoms with van der Waals surface area (Å²) in [5.41, 5.74) is 4.05. The Hall–Kier alpha value is -0.690. The molecule has 2 aromatic rings. The Morgan fingerprint density at radius 3 is 2.45 bits per heavy atom. The van der Waals surface area contributed by atoms with Crippen molar-refractivity contribution in [3.8, 4) is 11.4 Å². The van der Waals surface area contributed by atoms with Gasteiger partial charge < -0.3 is 4.98 Å². The van der Waals surface area contributed by atoms with Gasteiger partial charge in [-0.3, -0.25) is 4.79 Å². The number of nitrogens with zero attached hydrogens (tertiary/aromatic N) is 1. The van der Waals surface area contributed by atoms with Crippen molar-refractivity contribution in [1.82, 2.24) is 9.97 Å². The third kappa shape index (κ3) is 3.14. The molecule has 0 unspecified atom stereocenters. The molecular weight excluding hydrogens is 431 g/mol. The van der Waals surface area contributed by atoms with Gasteiger partial charge in [-0.2, -0.15) is 0 Å². The number of hydrogen-bond donors (Lipinski definition) is 1. The highest BCUT2D eigenvalue weighted by Crippen LogP contribution is 2.26. The molecule has 2 rings (SSSR count). The summed E-state index contributed by atoms with van der Waals surface area (Å²) in [7, 11) is 0. The van der Waals surface area contributed by atoms with Crippen LogP contribution < -0.4 is 5.56 Å². The lowest BCUT2D eigenvalue weighted by Crippen LogP contribution is -2.16. The van der Waals surface area contributed by atoms with Crippen LogP contribution in [-0.2, 0) is 6.42 Å². The molecule has 20 heavy (non-hydrogen) atoms. The predicted octanol–water partition coefficient (Wildman–Crippen LogP) is 4.37. The van der Waals surface area contributed by atoms with E-state index >= 15 is 0 Å². The normalized spacial score (nSPS) is 10.8. The molecule has 0 aliphatic heterocycles. The van der Waals surface area contributed by atoms with Crippen LogP contribution >= 0.6 is 38.5 Å². The van der Waals surface area contributed by atoms with Crippen molar-refractivity contribution in [1.29, 1.82) is 0 Å². The summed E-state index contributed by atoms with van der Waals surface area (Å²) < 4.78 is 1.79. The summed E-state index contributed by atoms with van der Waals surface area (Å²) in [6, 6.07) is 4.08. The van der Waals surface area contributed by atoms with Crippen molar-refractivity contribution in [3.63, 3.8) is 0 Å². The zero-order valence-corrected chi connectivity index (χ0v) is 15.4. The number of aromatic amines is 1. The second-order valence-electron chi connectivity index (χ2n) is 4.85. The Morgan fingerprint density at radius 1 is 1.30 bits per heavy atom. The lowest BCUT2D eigenvalue weighted by molar-refractivity contribution is 0.860. The van der Waals surface area contributed by atoms with Gasteiger partial charge in [0.2, 0.25) is 0 Å². The Kier molecular flexibility index (Phi) is 5.01. The number of halogens is 2. The first-order valence-corrected chi connectivity index (χ1v) is 8.37. The lowest BCUT2D eigenvalue weighted by atomic mass is 10.1. The van der Waals surface area contributed by atoms with E-state index in [0.717, 1.165) is 39.7 Å². The number of H-pyrrole nitrogens is 1. The van der Waals surface area contributed by atoms with Gasteiger partial charge >= 0.3 is 0 Å². The minimum Gasteiger partial charge on any atom is -0.306 e. The fraction of sp³-hybridized carbons (Fsp3) is 0.333. The van der Waals surface area contributed by atoms with Crippen LogP contribution in [0, 0.1) is 17.4 Å². The highest BCUT2D eigenvalue weighted by molar-refractivity contribution is 14.1. The monoisotopic (exact) mass is 446 g/mol. The van der Waals surface area contributed by atoms with Crippen molar-refractivity contribution in [3.05, 3.63) is 47.4 Å². The van der Waals surface area contributed by atoms with Crippen molar-refractivity contribution in [2.75, 3.05) is 0 Å². The van der Waals surface area contributed by atoms with Crippen LogP contribution in [0.4, 0.5) is 0 Å². The number of rotatable bonds is 3. The maximum atomic E-state index is 12.0. The fourth-order valence-electron chi connectivity index (χ4n) is 2.13. The number of benzene rings is 1. The van der Waals surface area contributed by atoms with E-state index in [4.69, 9.17) is 0 Å². The van der Waals surface area contributed by atoms with Crippen LogP contribution in [0.3, 0.4) is 0 Å².